The van der Waals surface area contributed by atoms with E-state index in [9.17, 15) is 0 Å². The average Bonchev–Trinajstić information content (AvgIpc) is 2.87. The smallest absolute Gasteiger partial charge is 0.00510 e. The van der Waals surface area contributed by atoms with Crippen molar-refractivity contribution in [1.82, 2.24) is 0 Å². The van der Waals surface area contributed by atoms with Gasteiger partial charge < -0.3 is 5.73 Å². The van der Waals surface area contributed by atoms with Gasteiger partial charge in [-0.2, -0.15) is 0 Å². The highest BCUT2D eigenvalue weighted by atomic mass is 32.1. The first-order chi connectivity index (χ1) is 7.33. The summed E-state index contributed by atoms with van der Waals surface area (Å²) in [5.74, 6) is 1.65. The molecule has 1 aromatic heterocycles. The fraction of sp³-hybridized carbons (Fsp3) is 0.692. The zero-order valence-corrected chi connectivity index (χ0v) is 10.4. The molecule has 1 aliphatic rings. The van der Waals surface area contributed by atoms with Gasteiger partial charge in [-0.15, -0.1) is 11.3 Å². The first-order valence-corrected chi connectivity index (χ1v) is 6.92. The highest BCUT2D eigenvalue weighted by Crippen LogP contribution is 2.34. The van der Waals surface area contributed by atoms with Crippen molar-refractivity contribution in [2.24, 2.45) is 17.6 Å². The molecule has 2 unspecified atom stereocenters. The molecule has 1 heterocycles. The highest BCUT2D eigenvalue weighted by Gasteiger charge is 2.26. The Bertz CT molecular complexity index is 305. The molecule has 84 valence electrons. The molecule has 0 spiro atoms. The Morgan fingerprint density at radius 2 is 2.00 bits per heavy atom. The molecule has 0 aliphatic heterocycles. The van der Waals surface area contributed by atoms with Crippen LogP contribution in [0.25, 0.3) is 0 Å². The number of thiophene rings is 1. The lowest BCUT2D eigenvalue weighted by atomic mass is 9.92. The van der Waals surface area contributed by atoms with E-state index < -0.39 is 0 Å². The Morgan fingerprint density at radius 1 is 1.27 bits per heavy atom. The van der Waals surface area contributed by atoms with E-state index >= 15 is 0 Å². The van der Waals surface area contributed by atoms with Crippen LogP contribution in [0.3, 0.4) is 0 Å². The van der Waals surface area contributed by atoms with Crippen molar-refractivity contribution in [3.8, 4) is 0 Å². The third-order valence-electron chi connectivity index (χ3n) is 3.65. The zero-order valence-electron chi connectivity index (χ0n) is 9.54. The molecular formula is C13H21NS. The monoisotopic (exact) mass is 223 g/mol. The lowest BCUT2D eigenvalue weighted by Crippen LogP contribution is -2.19. The van der Waals surface area contributed by atoms with Crippen LogP contribution in [0.2, 0.25) is 0 Å². The SMILES string of the molecule is CCc1ccc(CC2CCCC2CN)s1. The van der Waals surface area contributed by atoms with Gasteiger partial charge in [-0.25, -0.2) is 0 Å². The molecule has 2 N–H and O–H groups in total. The standard InChI is InChI=1S/C13H21NS/c1-2-12-6-7-13(15-12)8-10-4-3-5-11(10)9-14/h6-7,10-11H,2-5,8-9,14H2,1H3. The number of hydrogen-bond acceptors (Lipinski definition) is 2. The summed E-state index contributed by atoms with van der Waals surface area (Å²) in [7, 11) is 0. The van der Waals surface area contributed by atoms with Gasteiger partial charge in [-0.05, 0) is 56.2 Å². The molecule has 15 heavy (non-hydrogen) atoms. The molecule has 1 aromatic rings. The van der Waals surface area contributed by atoms with Crippen molar-refractivity contribution in [1.29, 1.82) is 0 Å². The second-order valence-electron chi connectivity index (χ2n) is 4.61. The van der Waals surface area contributed by atoms with Gasteiger partial charge in [0.1, 0.15) is 0 Å². The van der Waals surface area contributed by atoms with Crippen LogP contribution < -0.4 is 5.73 Å². The topological polar surface area (TPSA) is 26.0 Å². The largest absolute Gasteiger partial charge is 0.330 e. The minimum Gasteiger partial charge on any atom is -0.330 e. The Morgan fingerprint density at radius 3 is 2.67 bits per heavy atom. The quantitative estimate of drug-likeness (QED) is 0.833. The average molecular weight is 223 g/mol. The lowest BCUT2D eigenvalue weighted by Gasteiger charge is -2.16. The lowest BCUT2D eigenvalue weighted by molar-refractivity contribution is 0.396. The van der Waals surface area contributed by atoms with E-state index in [1.807, 2.05) is 11.3 Å². The molecule has 0 amide bonds. The van der Waals surface area contributed by atoms with Crippen LogP contribution in [0.4, 0.5) is 0 Å². The summed E-state index contributed by atoms with van der Waals surface area (Å²) >= 11 is 1.99. The van der Waals surface area contributed by atoms with E-state index in [0.717, 1.165) is 18.4 Å². The number of rotatable bonds is 4. The Kier molecular flexibility index (Phi) is 3.81. The fourth-order valence-corrected chi connectivity index (χ4v) is 3.72. The maximum atomic E-state index is 5.81. The van der Waals surface area contributed by atoms with Crippen molar-refractivity contribution >= 4 is 11.3 Å². The van der Waals surface area contributed by atoms with Gasteiger partial charge in [0.05, 0.1) is 0 Å². The second-order valence-corrected chi connectivity index (χ2v) is 5.87. The van der Waals surface area contributed by atoms with Crippen LogP contribution in [0, 0.1) is 11.8 Å². The van der Waals surface area contributed by atoms with E-state index in [-0.39, 0.29) is 0 Å². The van der Waals surface area contributed by atoms with Crippen molar-refractivity contribution in [3.63, 3.8) is 0 Å². The number of hydrogen-bond donors (Lipinski definition) is 1. The summed E-state index contributed by atoms with van der Waals surface area (Å²) < 4.78 is 0. The fourth-order valence-electron chi connectivity index (χ4n) is 2.67. The highest BCUT2D eigenvalue weighted by molar-refractivity contribution is 7.11. The van der Waals surface area contributed by atoms with Crippen molar-refractivity contribution < 1.29 is 0 Å². The first kappa shape index (κ1) is 11.2. The molecule has 1 saturated carbocycles. The molecular weight excluding hydrogens is 202 g/mol. The predicted molar refractivity (Wildman–Crippen MR) is 67.3 cm³/mol. The third kappa shape index (κ3) is 2.61. The molecule has 1 nitrogen and oxygen atoms in total. The minimum atomic E-state index is 0.789. The Balaban J connectivity index is 1.95. The van der Waals surface area contributed by atoms with E-state index in [4.69, 9.17) is 5.73 Å². The van der Waals surface area contributed by atoms with Crippen LogP contribution >= 0.6 is 11.3 Å². The van der Waals surface area contributed by atoms with Crippen molar-refractivity contribution in [3.05, 3.63) is 21.9 Å². The molecule has 1 fully saturated rings. The van der Waals surface area contributed by atoms with E-state index in [0.29, 0.717) is 0 Å². The van der Waals surface area contributed by atoms with Crippen LogP contribution in [0.5, 0.6) is 0 Å². The zero-order chi connectivity index (χ0) is 10.7. The van der Waals surface area contributed by atoms with Crippen LogP contribution in [-0.2, 0) is 12.8 Å². The van der Waals surface area contributed by atoms with Gasteiger partial charge in [-0.1, -0.05) is 13.3 Å². The maximum Gasteiger partial charge on any atom is 0.00510 e. The second kappa shape index (κ2) is 5.13. The Hall–Kier alpha value is -0.340. The first-order valence-electron chi connectivity index (χ1n) is 6.11. The van der Waals surface area contributed by atoms with Crippen LogP contribution in [0.1, 0.15) is 35.9 Å². The molecule has 2 rings (SSSR count). The summed E-state index contributed by atoms with van der Waals surface area (Å²) in [5.41, 5.74) is 5.81. The van der Waals surface area contributed by atoms with Gasteiger partial charge in [0.2, 0.25) is 0 Å². The van der Waals surface area contributed by atoms with Gasteiger partial charge in [0.15, 0.2) is 0 Å². The predicted octanol–water partition coefficient (Wildman–Crippen LogP) is 3.23. The molecule has 0 radical (unpaired) electrons. The van der Waals surface area contributed by atoms with Gasteiger partial charge in [0.25, 0.3) is 0 Å². The molecule has 2 heteroatoms. The van der Waals surface area contributed by atoms with Gasteiger partial charge >= 0.3 is 0 Å². The summed E-state index contributed by atoms with van der Waals surface area (Å²) in [6.07, 6.45) is 6.58. The molecule has 2 atom stereocenters. The molecule has 0 bridgehead atoms. The number of nitrogens with two attached hydrogens (primary N) is 1. The van der Waals surface area contributed by atoms with Crippen molar-refractivity contribution in [2.45, 2.75) is 39.0 Å². The molecule has 0 saturated heterocycles. The van der Waals surface area contributed by atoms with Crippen LogP contribution in [0.15, 0.2) is 12.1 Å². The van der Waals surface area contributed by atoms with E-state index in [2.05, 4.69) is 19.1 Å². The van der Waals surface area contributed by atoms with E-state index in [1.165, 1.54) is 37.0 Å². The summed E-state index contributed by atoms with van der Waals surface area (Å²) in [6.45, 7) is 3.12. The number of aryl methyl sites for hydroxylation is 1. The van der Waals surface area contributed by atoms with E-state index in [1.54, 1.807) is 4.88 Å². The Labute approximate surface area is 96.7 Å². The van der Waals surface area contributed by atoms with Crippen LogP contribution in [-0.4, -0.2) is 6.54 Å². The van der Waals surface area contributed by atoms with Gasteiger partial charge in [-0.3, -0.25) is 0 Å². The minimum absolute atomic E-state index is 0.789. The summed E-state index contributed by atoms with van der Waals surface area (Å²) in [6, 6.07) is 4.60. The summed E-state index contributed by atoms with van der Waals surface area (Å²) in [4.78, 5) is 3.09. The third-order valence-corrected chi connectivity index (χ3v) is 4.90. The molecule has 0 aromatic carbocycles. The van der Waals surface area contributed by atoms with Crippen molar-refractivity contribution in [2.75, 3.05) is 6.54 Å². The van der Waals surface area contributed by atoms with Gasteiger partial charge in [0, 0.05) is 9.75 Å². The summed E-state index contributed by atoms with van der Waals surface area (Å²) in [5, 5.41) is 0. The molecule has 1 aliphatic carbocycles. The maximum absolute atomic E-state index is 5.81. The normalized spacial score (nSPS) is 26.0.